The molecule has 1 N–H and O–H groups in total. The van der Waals surface area contributed by atoms with Crippen molar-refractivity contribution in [3.05, 3.63) is 47.8 Å². The zero-order valence-corrected chi connectivity index (χ0v) is 16.9. The topological polar surface area (TPSA) is 82.6 Å². The number of pyridine rings is 2. The van der Waals surface area contributed by atoms with E-state index < -0.39 is 5.97 Å². The van der Waals surface area contributed by atoms with E-state index in [1.807, 2.05) is 31.2 Å². The summed E-state index contributed by atoms with van der Waals surface area (Å²) in [4.78, 5) is 21.2. The second kappa shape index (κ2) is 9.23. The summed E-state index contributed by atoms with van der Waals surface area (Å²) in [6, 6.07) is 9.15. The fourth-order valence-electron chi connectivity index (χ4n) is 2.69. The number of carbonyl (C=O) groups excluding carboxylic acids is 1. The van der Waals surface area contributed by atoms with Crippen molar-refractivity contribution in [2.24, 2.45) is 0 Å². The van der Waals surface area contributed by atoms with Gasteiger partial charge in [0.25, 0.3) is 0 Å². The number of fused-ring (bicyclic) bond motifs is 1. The van der Waals surface area contributed by atoms with Crippen LogP contribution >= 0.6 is 12.4 Å². The van der Waals surface area contributed by atoms with Gasteiger partial charge in [0, 0.05) is 41.2 Å². The fraction of sp³-hybridized carbons (Fsp3) is 0.250. The first kappa shape index (κ1) is 21.2. The molecule has 0 bridgehead atoms. The lowest BCUT2D eigenvalue weighted by Crippen LogP contribution is -2.10. The molecule has 0 atom stereocenters. The first-order valence-electron chi connectivity index (χ1n) is 8.49. The Bertz CT molecular complexity index is 972. The van der Waals surface area contributed by atoms with E-state index in [0.29, 0.717) is 39.5 Å². The zero-order valence-electron chi connectivity index (χ0n) is 16.1. The van der Waals surface area contributed by atoms with Crippen molar-refractivity contribution < 1.29 is 19.0 Å². The van der Waals surface area contributed by atoms with Crippen LogP contribution < -0.4 is 14.8 Å². The average molecular weight is 404 g/mol. The number of halogens is 1. The van der Waals surface area contributed by atoms with Crippen LogP contribution in [0.1, 0.15) is 23.0 Å². The van der Waals surface area contributed by atoms with Gasteiger partial charge in [-0.15, -0.1) is 12.4 Å². The third-order valence-electron chi connectivity index (χ3n) is 3.99. The van der Waals surface area contributed by atoms with Crippen LogP contribution in [0.5, 0.6) is 11.5 Å². The molecule has 2 heterocycles. The molecule has 3 rings (SSSR count). The number of rotatable bonds is 6. The Balaban J connectivity index is 0.00000280. The minimum atomic E-state index is -0.454. The normalized spacial score (nSPS) is 10.1. The molecule has 148 valence electrons. The Labute approximate surface area is 169 Å². The Hall–Kier alpha value is -3.06. The smallest absolute Gasteiger partial charge is 0.341 e. The van der Waals surface area contributed by atoms with Gasteiger partial charge in [0.15, 0.2) is 5.65 Å². The lowest BCUT2D eigenvalue weighted by atomic mass is 10.1. The van der Waals surface area contributed by atoms with Gasteiger partial charge in [-0.1, -0.05) is 0 Å². The minimum Gasteiger partial charge on any atom is -0.497 e. The Morgan fingerprint density at radius 3 is 2.39 bits per heavy atom. The molecule has 0 aliphatic rings. The molecule has 0 saturated heterocycles. The summed E-state index contributed by atoms with van der Waals surface area (Å²) in [5, 5.41) is 4.00. The molecule has 1 aromatic carbocycles. The van der Waals surface area contributed by atoms with E-state index in [1.54, 1.807) is 27.2 Å². The summed E-state index contributed by atoms with van der Waals surface area (Å²) >= 11 is 0. The van der Waals surface area contributed by atoms with E-state index in [-0.39, 0.29) is 19.0 Å². The van der Waals surface area contributed by atoms with Crippen LogP contribution in [0, 0.1) is 6.92 Å². The second-order valence-corrected chi connectivity index (χ2v) is 5.82. The number of aryl methyl sites for hydroxylation is 1. The number of hydrogen-bond donors (Lipinski definition) is 1. The highest BCUT2D eigenvalue weighted by molar-refractivity contribution is 6.05. The summed E-state index contributed by atoms with van der Waals surface area (Å²) in [5.41, 5.74) is 2.98. The summed E-state index contributed by atoms with van der Waals surface area (Å²) in [5.74, 6) is 0.800. The highest BCUT2D eigenvalue weighted by Crippen LogP contribution is 2.32. The van der Waals surface area contributed by atoms with E-state index in [1.165, 1.54) is 6.20 Å². The molecule has 28 heavy (non-hydrogen) atoms. The van der Waals surface area contributed by atoms with Crippen molar-refractivity contribution >= 4 is 40.8 Å². The average Bonchev–Trinajstić information content (AvgIpc) is 2.67. The van der Waals surface area contributed by atoms with E-state index in [0.717, 1.165) is 5.69 Å². The maximum Gasteiger partial charge on any atom is 0.341 e. The Morgan fingerprint density at radius 1 is 1.11 bits per heavy atom. The number of anilines is 2. The molecule has 2 aromatic heterocycles. The molecule has 8 heteroatoms. The molecule has 0 spiro atoms. The van der Waals surface area contributed by atoms with Crippen molar-refractivity contribution in [3.63, 3.8) is 0 Å². The number of methoxy groups -OCH3 is 2. The molecule has 0 aliphatic heterocycles. The maximum atomic E-state index is 12.4. The lowest BCUT2D eigenvalue weighted by Gasteiger charge is -2.15. The first-order valence-corrected chi connectivity index (χ1v) is 8.49. The standard InChI is InChI=1S/C20H21N3O4.ClH/c1-5-27-20(24)17-11-21-19-16(7-6-12(2)22-19)18(17)23-13-8-14(25-3)10-15(9-13)26-4;/h6-11H,5H2,1-4H3,(H,21,22,23);1H. The van der Waals surface area contributed by atoms with Gasteiger partial charge in [-0.2, -0.15) is 0 Å². The molecular weight excluding hydrogens is 382 g/mol. The number of hydrogen-bond acceptors (Lipinski definition) is 7. The van der Waals surface area contributed by atoms with Gasteiger partial charge in [-0.25, -0.2) is 14.8 Å². The van der Waals surface area contributed by atoms with Gasteiger partial charge in [0.2, 0.25) is 0 Å². The van der Waals surface area contributed by atoms with Gasteiger partial charge in [-0.05, 0) is 26.0 Å². The maximum absolute atomic E-state index is 12.4. The number of nitrogens with zero attached hydrogens (tertiary/aromatic N) is 2. The van der Waals surface area contributed by atoms with Gasteiger partial charge >= 0.3 is 5.97 Å². The highest BCUT2D eigenvalue weighted by atomic mass is 35.5. The molecule has 0 fully saturated rings. The van der Waals surface area contributed by atoms with Crippen LogP contribution in [-0.4, -0.2) is 36.8 Å². The number of esters is 1. The van der Waals surface area contributed by atoms with Gasteiger partial charge in [-0.3, -0.25) is 0 Å². The number of carbonyl (C=O) groups is 1. The van der Waals surface area contributed by atoms with Crippen molar-refractivity contribution in [3.8, 4) is 11.5 Å². The third kappa shape index (κ3) is 4.43. The van der Waals surface area contributed by atoms with Crippen LogP contribution in [0.15, 0.2) is 36.5 Å². The van der Waals surface area contributed by atoms with E-state index >= 15 is 0 Å². The van der Waals surface area contributed by atoms with Gasteiger partial charge in [0.1, 0.15) is 17.1 Å². The molecule has 0 aliphatic carbocycles. The highest BCUT2D eigenvalue weighted by Gasteiger charge is 2.18. The van der Waals surface area contributed by atoms with Crippen LogP contribution in [0.25, 0.3) is 11.0 Å². The van der Waals surface area contributed by atoms with Gasteiger partial charge < -0.3 is 19.5 Å². The molecule has 3 aromatic rings. The molecule has 7 nitrogen and oxygen atoms in total. The summed E-state index contributed by atoms with van der Waals surface area (Å²) in [6.45, 7) is 3.92. The fourth-order valence-corrected chi connectivity index (χ4v) is 2.69. The van der Waals surface area contributed by atoms with Crippen molar-refractivity contribution in [2.75, 3.05) is 26.1 Å². The SMILES string of the molecule is CCOC(=O)c1cnc2nc(C)ccc2c1Nc1cc(OC)cc(OC)c1.Cl. The van der Waals surface area contributed by atoms with E-state index in [9.17, 15) is 4.79 Å². The van der Waals surface area contributed by atoms with Crippen LogP contribution in [-0.2, 0) is 4.74 Å². The van der Waals surface area contributed by atoms with Crippen LogP contribution in [0.4, 0.5) is 11.4 Å². The summed E-state index contributed by atoms with van der Waals surface area (Å²) < 4.78 is 15.8. The van der Waals surface area contributed by atoms with Crippen molar-refractivity contribution in [1.82, 2.24) is 9.97 Å². The van der Waals surface area contributed by atoms with Crippen molar-refractivity contribution in [2.45, 2.75) is 13.8 Å². The molecule has 0 amide bonds. The summed E-state index contributed by atoms with van der Waals surface area (Å²) in [6.07, 6.45) is 1.48. The number of nitrogens with one attached hydrogen (secondary N) is 1. The second-order valence-electron chi connectivity index (χ2n) is 5.82. The van der Waals surface area contributed by atoms with Crippen LogP contribution in [0.3, 0.4) is 0 Å². The Kier molecular flexibility index (Phi) is 7.00. The molecule has 0 radical (unpaired) electrons. The predicted molar refractivity (Wildman–Crippen MR) is 110 cm³/mol. The number of ether oxygens (including phenoxy) is 3. The first-order chi connectivity index (χ1) is 13.0. The zero-order chi connectivity index (χ0) is 19.4. The monoisotopic (exact) mass is 403 g/mol. The minimum absolute atomic E-state index is 0. The number of aromatic nitrogens is 2. The van der Waals surface area contributed by atoms with E-state index in [4.69, 9.17) is 14.2 Å². The number of benzene rings is 1. The largest absolute Gasteiger partial charge is 0.497 e. The summed E-state index contributed by atoms with van der Waals surface area (Å²) in [7, 11) is 3.16. The predicted octanol–water partition coefficient (Wildman–Crippen LogP) is 4.30. The van der Waals surface area contributed by atoms with Gasteiger partial charge in [0.05, 0.1) is 26.5 Å². The van der Waals surface area contributed by atoms with Crippen molar-refractivity contribution in [1.29, 1.82) is 0 Å². The van der Waals surface area contributed by atoms with E-state index in [2.05, 4.69) is 15.3 Å². The molecule has 0 saturated carbocycles. The molecular formula is C20H22ClN3O4. The molecule has 0 unspecified atom stereocenters. The van der Waals surface area contributed by atoms with Crippen LogP contribution in [0.2, 0.25) is 0 Å². The third-order valence-corrected chi connectivity index (χ3v) is 3.99. The lowest BCUT2D eigenvalue weighted by molar-refractivity contribution is 0.0527. The quantitative estimate of drug-likeness (QED) is 0.614. The Morgan fingerprint density at radius 2 is 1.79 bits per heavy atom.